The maximum atomic E-state index is 13.0. The average molecular weight is 320 g/mol. The number of likely N-dealkylation sites (tertiary alicyclic amines) is 1. The van der Waals surface area contributed by atoms with Crippen LogP contribution in [-0.2, 0) is 4.79 Å². The molecule has 23 heavy (non-hydrogen) atoms. The lowest BCUT2D eigenvalue weighted by molar-refractivity contribution is -0.133. The van der Waals surface area contributed by atoms with Crippen LogP contribution in [0.3, 0.4) is 0 Å². The van der Waals surface area contributed by atoms with Gasteiger partial charge in [0.15, 0.2) is 0 Å². The number of rotatable bonds is 5. The first-order valence-electron chi connectivity index (χ1n) is 8.52. The number of piperidine rings is 1. The minimum absolute atomic E-state index is 0.0328. The van der Waals surface area contributed by atoms with E-state index in [1.807, 2.05) is 12.1 Å². The normalized spacial score (nSPS) is 22.6. The number of amides is 1. The third-order valence-corrected chi connectivity index (χ3v) is 5.11. The summed E-state index contributed by atoms with van der Waals surface area (Å²) in [6.07, 6.45) is 2.80. The summed E-state index contributed by atoms with van der Waals surface area (Å²) in [6.45, 7) is 3.80. The van der Waals surface area contributed by atoms with E-state index in [0.29, 0.717) is 0 Å². The summed E-state index contributed by atoms with van der Waals surface area (Å²) in [5.41, 5.74) is 1.09. The van der Waals surface area contributed by atoms with E-state index < -0.39 is 6.10 Å². The molecule has 1 heterocycles. The Morgan fingerprint density at radius 3 is 2.39 bits per heavy atom. The van der Waals surface area contributed by atoms with Crippen molar-refractivity contribution in [3.8, 4) is 0 Å². The van der Waals surface area contributed by atoms with Crippen molar-refractivity contribution in [3.05, 3.63) is 35.6 Å². The molecule has 1 aliphatic carbocycles. The van der Waals surface area contributed by atoms with Crippen LogP contribution in [0.4, 0.5) is 4.39 Å². The van der Waals surface area contributed by atoms with E-state index in [9.17, 15) is 14.3 Å². The standard InChI is InChI=1S/C18H25FN2O2/c1-12(13-2-4-15(19)5-3-13)21-10-8-14(9-11-21)17(22)18(23)20-16-6-7-16/h2-5,12,14,16-17,22H,6-11H2,1H3,(H,20,23)/t12-,17-/m0/s1. The number of hydrogen-bond donors (Lipinski definition) is 2. The average Bonchev–Trinajstić information content (AvgIpc) is 3.38. The monoisotopic (exact) mass is 320 g/mol. The van der Waals surface area contributed by atoms with Gasteiger partial charge in [-0.3, -0.25) is 9.69 Å². The molecular weight excluding hydrogens is 295 g/mol. The topological polar surface area (TPSA) is 52.6 Å². The Kier molecular flexibility index (Phi) is 4.97. The van der Waals surface area contributed by atoms with Crippen molar-refractivity contribution in [2.24, 2.45) is 5.92 Å². The highest BCUT2D eigenvalue weighted by atomic mass is 19.1. The molecule has 0 bridgehead atoms. The van der Waals surface area contributed by atoms with Crippen molar-refractivity contribution in [1.29, 1.82) is 0 Å². The van der Waals surface area contributed by atoms with Gasteiger partial charge in [0.05, 0.1) is 0 Å². The van der Waals surface area contributed by atoms with E-state index in [1.165, 1.54) is 12.1 Å². The number of carbonyl (C=O) groups excluding carboxylic acids is 1. The molecular formula is C18H25FN2O2. The van der Waals surface area contributed by atoms with E-state index in [4.69, 9.17) is 0 Å². The molecule has 1 aromatic rings. The second kappa shape index (κ2) is 6.97. The van der Waals surface area contributed by atoms with Crippen molar-refractivity contribution in [2.45, 2.75) is 50.8 Å². The first-order valence-corrected chi connectivity index (χ1v) is 8.52. The lowest BCUT2D eigenvalue weighted by atomic mass is 9.89. The molecule has 4 nitrogen and oxygen atoms in total. The minimum Gasteiger partial charge on any atom is -0.383 e. The molecule has 2 atom stereocenters. The Morgan fingerprint density at radius 1 is 1.22 bits per heavy atom. The van der Waals surface area contributed by atoms with Gasteiger partial charge in [0.2, 0.25) is 5.91 Å². The number of hydrogen-bond acceptors (Lipinski definition) is 3. The first kappa shape index (κ1) is 16.4. The van der Waals surface area contributed by atoms with Crippen molar-refractivity contribution >= 4 is 5.91 Å². The number of carbonyl (C=O) groups is 1. The zero-order valence-electron chi connectivity index (χ0n) is 13.5. The molecule has 0 aromatic heterocycles. The van der Waals surface area contributed by atoms with Crippen LogP contribution >= 0.6 is 0 Å². The Morgan fingerprint density at radius 2 is 1.83 bits per heavy atom. The lowest BCUT2D eigenvalue weighted by Crippen LogP contribution is -2.45. The fourth-order valence-electron chi connectivity index (χ4n) is 3.30. The zero-order valence-corrected chi connectivity index (χ0v) is 13.5. The molecule has 1 aromatic carbocycles. The fraction of sp³-hybridized carbons (Fsp3) is 0.611. The third kappa shape index (κ3) is 4.09. The third-order valence-electron chi connectivity index (χ3n) is 5.11. The molecule has 2 fully saturated rings. The Labute approximate surface area is 136 Å². The molecule has 1 aliphatic heterocycles. The molecule has 0 unspecified atom stereocenters. The quantitative estimate of drug-likeness (QED) is 0.875. The van der Waals surface area contributed by atoms with Crippen LogP contribution in [0.1, 0.15) is 44.2 Å². The van der Waals surface area contributed by atoms with Crippen molar-refractivity contribution < 1.29 is 14.3 Å². The number of halogens is 1. The van der Waals surface area contributed by atoms with E-state index in [2.05, 4.69) is 17.1 Å². The number of nitrogens with one attached hydrogen (secondary N) is 1. The molecule has 0 radical (unpaired) electrons. The highest BCUT2D eigenvalue weighted by Gasteiger charge is 2.33. The smallest absolute Gasteiger partial charge is 0.249 e. The number of aliphatic hydroxyl groups excluding tert-OH is 1. The van der Waals surface area contributed by atoms with E-state index in [-0.39, 0.29) is 29.7 Å². The second-order valence-electron chi connectivity index (χ2n) is 6.83. The van der Waals surface area contributed by atoms with Crippen LogP contribution in [0.25, 0.3) is 0 Å². The molecule has 3 rings (SSSR count). The minimum atomic E-state index is -0.890. The predicted octanol–water partition coefficient (Wildman–Crippen LogP) is 2.24. The van der Waals surface area contributed by atoms with Crippen LogP contribution in [-0.4, -0.2) is 41.1 Å². The van der Waals surface area contributed by atoms with E-state index >= 15 is 0 Å². The molecule has 5 heteroatoms. The lowest BCUT2D eigenvalue weighted by Gasteiger charge is -2.37. The second-order valence-corrected chi connectivity index (χ2v) is 6.83. The largest absolute Gasteiger partial charge is 0.383 e. The van der Waals surface area contributed by atoms with E-state index in [1.54, 1.807) is 0 Å². The maximum absolute atomic E-state index is 13.0. The maximum Gasteiger partial charge on any atom is 0.249 e. The van der Waals surface area contributed by atoms with Gasteiger partial charge in [-0.1, -0.05) is 12.1 Å². The molecule has 2 N–H and O–H groups in total. The zero-order chi connectivity index (χ0) is 16.4. The molecule has 126 valence electrons. The summed E-state index contributed by atoms with van der Waals surface area (Å²) in [6, 6.07) is 7.13. The number of benzene rings is 1. The van der Waals surface area contributed by atoms with Crippen LogP contribution in [0.5, 0.6) is 0 Å². The van der Waals surface area contributed by atoms with E-state index in [0.717, 1.165) is 44.3 Å². The van der Waals surface area contributed by atoms with Gasteiger partial charge in [0, 0.05) is 12.1 Å². The SMILES string of the molecule is C[C@@H](c1ccc(F)cc1)N1CCC([C@H](O)C(=O)NC2CC2)CC1. The first-order chi connectivity index (χ1) is 11.0. The molecule has 1 amide bonds. The van der Waals surface area contributed by atoms with Gasteiger partial charge < -0.3 is 10.4 Å². The van der Waals surface area contributed by atoms with Gasteiger partial charge >= 0.3 is 0 Å². The summed E-state index contributed by atoms with van der Waals surface area (Å²) in [4.78, 5) is 14.3. The van der Waals surface area contributed by atoms with Crippen LogP contribution < -0.4 is 5.32 Å². The van der Waals surface area contributed by atoms with Gasteiger partial charge in [-0.2, -0.15) is 0 Å². The van der Waals surface area contributed by atoms with Gasteiger partial charge in [-0.05, 0) is 69.3 Å². The van der Waals surface area contributed by atoms with Crippen LogP contribution in [0.2, 0.25) is 0 Å². The summed E-state index contributed by atoms with van der Waals surface area (Å²) >= 11 is 0. The summed E-state index contributed by atoms with van der Waals surface area (Å²) < 4.78 is 13.0. The molecule has 1 saturated carbocycles. The van der Waals surface area contributed by atoms with Crippen molar-refractivity contribution in [3.63, 3.8) is 0 Å². The van der Waals surface area contributed by atoms with Crippen LogP contribution in [0, 0.1) is 11.7 Å². The number of nitrogens with zero attached hydrogens (tertiary/aromatic N) is 1. The highest BCUT2D eigenvalue weighted by molar-refractivity contribution is 5.81. The Balaban J connectivity index is 1.51. The van der Waals surface area contributed by atoms with Gasteiger partial charge in [0.1, 0.15) is 11.9 Å². The highest BCUT2D eigenvalue weighted by Crippen LogP contribution is 2.28. The molecule has 2 aliphatic rings. The number of aliphatic hydroxyl groups is 1. The van der Waals surface area contributed by atoms with Gasteiger partial charge in [0.25, 0.3) is 0 Å². The van der Waals surface area contributed by atoms with Crippen molar-refractivity contribution in [2.75, 3.05) is 13.1 Å². The Hall–Kier alpha value is -1.46. The predicted molar refractivity (Wildman–Crippen MR) is 86.3 cm³/mol. The summed E-state index contributed by atoms with van der Waals surface area (Å²) in [5, 5.41) is 13.1. The Bertz CT molecular complexity index is 536. The van der Waals surface area contributed by atoms with Crippen molar-refractivity contribution in [1.82, 2.24) is 10.2 Å². The van der Waals surface area contributed by atoms with Gasteiger partial charge in [-0.25, -0.2) is 4.39 Å². The molecule has 1 saturated heterocycles. The fourth-order valence-corrected chi connectivity index (χ4v) is 3.30. The summed E-state index contributed by atoms with van der Waals surface area (Å²) in [5.74, 6) is -0.396. The summed E-state index contributed by atoms with van der Waals surface area (Å²) in [7, 11) is 0. The van der Waals surface area contributed by atoms with Crippen LogP contribution in [0.15, 0.2) is 24.3 Å². The molecule has 0 spiro atoms. The van der Waals surface area contributed by atoms with Gasteiger partial charge in [-0.15, -0.1) is 0 Å².